The number of amides is 1. The van der Waals surface area contributed by atoms with E-state index in [-0.39, 0.29) is 12.1 Å². The van der Waals surface area contributed by atoms with Gasteiger partial charge in [-0.3, -0.25) is 4.90 Å². The summed E-state index contributed by atoms with van der Waals surface area (Å²) < 4.78 is 11.5. The van der Waals surface area contributed by atoms with Crippen LogP contribution in [0.2, 0.25) is 0 Å². The van der Waals surface area contributed by atoms with Crippen LogP contribution in [0.5, 0.6) is 5.75 Å². The molecule has 0 fully saturated rings. The van der Waals surface area contributed by atoms with E-state index in [4.69, 9.17) is 9.47 Å². The second-order valence-corrected chi connectivity index (χ2v) is 6.96. The van der Waals surface area contributed by atoms with Gasteiger partial charge in [0.15, 0.2) is 0 Å². The molecule has 0 aliphatic carbocycles. The van der Waals surface area contributed by atoms with Gasteiger partial charge in [0.2, 0.25) is 0 Å². The van der Waals surface area contributed by atoms with Gasteiger partial charge in [-0.15, -0.1) is 0 Å². The zero-order chi connectivity index (χ0) is 17.2. The highest BCUT2D eigenvalue weighted by molar-refractivity contribution is 5.91. The van der Waals surface area contributed by atoms with E-state index in [1.807, 2.05) is 69.3 Å². The van der Waals surface area contributed by atoms with Gasteiger partial charge in [-0.25, -0.2) is 4.79 Å². The van der Waals surface area contributed by atoms with Crippen LogP contribution in [0.3, 0.4) is 0 Å². The fourth-order valence-electron chi connectivity index (χ4n) is 2.86. The first-order valence-corrected chi connectivity index (χ1v) is 8.22. The van der Waals surface area contributed by atoms with Crippen molar-refractivity contribution in [3.8, 4) is 5.75 Å². The number of para-hydroxylation sites is 2. The quantitative estimate of drug-likeness (QED) is 0.838. The number of anilines is 1. The Labute approximate surface area is 143 Å². The lowest BCUT2D eigenvalue weighted by atomic mass is 10.1. The van der Waals surface area contributed by atoms with Gasteiger partial charge in [0, 0.05) is 0 Å². The second-order valence-electron chi connectivity index (χ2n) is 6.96. The lowest BCUT2D eigenvalue weighted by molar-refractivity contribution is 0.0560. The van der Waals surface area contributed by atoms with Gasteiger partial charge >= 0.3 is 6.09 Å². The fraction of sp³-hybridized carbons (Fsp3) is 0.350. The molecule has 1 heterocycles. The Kier molecular flexibility index (Phi) is 4.47. The maximum atomic E-state index is 12.7. The number of benzene rings is 2. The van der Waals surface area contributed by atoms with Crippen LogP contribution in [-0.2, 0) is 11.2 Å². The monoisotopic (exact) mass is 325 g/mol. The van der Waals surface area contributed by atoms with Crippen molar-refractivity contribution in [2.24, 2.45) is 0 Å². The molecule has 0 saturated carbocycles. The smallest absolute Gasteiger partial charge is 0.415 e. The number of ether oxygens (including phenoxy) is 2. The number of hydrogen-bond donors (Lipinski definition) is 0. The van der Waals surface area contributed by atoms with Crippen LogP contribution in [0.4, 0.5) is 10.5 Å². The molecule has 1 unspecified atom stereocenters. The molecule has 4 heteroatoms. The average Bonchev–Trinajstić information content (AvgIpc) is 2.91. The SMILES string of the molecule is CC(C)(C)OC(=O)N1c2ccccc2CC1COc1ccccc1. The zero-order valence-electron chi connectivity index (χ0n) is 14.4. The summed E-state index contributed by atoms with van der Waals surface area (Å²) in [6.45, 7) is 6.06. The molecule has 126 valence electrons. The third kappa shape index (κ3) is 3.70. The topological polar surface area (TPSA) is 38.8 Å². The first kappa shape index (κ1) is 16.4. The Hall–Kier alpha value is -2.49. The van der Waals surface area contributed by atoms with Crippen LogP contribution < -0.4 is 9.64 Å². The minimum atomic E-state index is -0.528. The molecule has 0 saturated heterocycles. The van der Waals surface area contributed by atoms with Crippen molar-refractivity contribution in [1.82, 2.24) is 0 Å². The van der Waals surface area contributed by atoms with Gasteiger partial charge in [0.1, 0.15) is 18.0 Å². The Morgan fingerprint density at radius 1 is 1.08 bits per heavy atom. The van der Waals surface area contributed by atoms with Crippen molar-refractivity contribution in [3.63, 3.8) is 0 Å². The van der Waals surface area contributed by atoms with Crippen LogP contribution in [0.1, 0.15) is 26.3 Å². The van der Waals surface area contributed by atoms with Gasteiger partial charge in [-0.05, 0) is 51.0 Å². The third-order valence-corrected chi connectivity index (χ3v) is 3.85. The Morgan fingerprint density at radius 3 is 2.46 bits per heavy atom. The van der Waals surface area contributed by atoms with Gasteiger partial charge in [-0.2, -0.15) is 0 Å². The molecule has 2 aromatic carbocycles. The molecule has 0 aromatic heterocycles. The minimum absolute atomic E-state index is 0.0718. The largest absolute Gasteiger partial charge is 0.491 e. The van der Waals surface area contributed by atoms with Gasteiger partial charge in [0.25, 0.3) is 0 Å². The predicted octanol–water partition coefficient (Wildman–Crippen LogP) is 4.43. The van der Waals surface area contributed by atoms with Crippen molar-refractivity contribution >= 4 is 11.8 Å². The summed E-state index contributed by atoms with van der Waals surface area (Å²) in [6.07, 6.45) is 0.441. The van der Waals surface area contributed by atoms with E-state index in [2.05, 4.69) is 6.07 Å². The van der Waals surface area contributed by atoms with Crippen molar-refractivity contribution in [2.45, 2.75) is 38.8 Å². The summed E-state index contributed by atoms with van der Waals surface area (Å²) in [5.41, 5.74) is 1.53. The first-order chi connectivity index (χ1) is 11.4. The molecule has 3 rings (SSSR count). The summed E-state index contributed by atoms with van der Waals surface area (Å²) >= 11 is 0. The summed E-state index contributed by atoms with van der Waals surface area (Å²) in [6, 6.07) is 17.5. The van der Waals surface area contributed by atoms with E-state index in [1.54, 1.807) is 4.90 Å². The molecule has 0 N–H and O–H groups in total. The Balaban J connectivity index is 1.78. The van der Waals surface area contributed by atoms with E-state index < -0.39 is 5.60 Å². The number of carbonyl (C=O) groups is 1. The van der Waals surface area contributed by atoms with E-state index >= 15 is 0 Å². The summed E-state index contributed by atoms with van der Waals surface area (Å²) in [4.78, 5) is 14.4. The summed E-state index contributed by atoms with van der Waals surface area (Å²) in [5.74, 6) is 0.803. The third-order valence-electron chi connectivity index (χ3n) is 3.85. The van der Waals surface area contributed by atoms with Crippen molar-refractivity contribution in [1.29, 1.82) is 0 Å². The lowest BCUT2D eigenvalue weighted by Gasteiger charge is -2.29. The molecule has 0 spiro atoms. The maximum absolute atomic E-state index is 12.7. The van der Waals surface area contributed by atoms with Crippen LogP contribution in [0.25, 0.3) is 0 Å². The average molecular weight is 325 g/mol. The Bertz CT molecular complexity index is 706. The van der Waals surface area contributed by atoms with Crippen molar-refractivity contribution in [2.75, 3.05) is 11.5 Å². The molecule has 1 amide bonds. The van der Waals surface area contributed by atoms with E-state index in [1.165, 1.54) is 0 Å². The molecule has 0 bridgehead atoms. The number of carbonyl (C=O) groups excluding carboxylic acids is 1. The molecule has 24 heavy (non-hydrogen) atoms. The van der Waals surface area contributed by atoms with E-state index in [0.717, 1.165) is 23.4 Å². The molecule has 1 aliphatic rings. The molecule has 2 aromatic rings. The number of hydrogen-bond acceptors (Lipinski definition) is 3. The van der Waals surface area contributed by atoms with Crippen LogP contribution in [-0.4, -0.2) is 24.3 Å². The normalized spacial score (nSPS) is 16.6. The minimum Gasteiger partial charge on any atom is -0.491 e. The number of rotatable bonds is 3. The highest BCUT2D eigenvalue weighted by Crippen LogP contribution is 2.33. The zero-order valence-corrected chi connectivity index (χ0v) is 14.4. The summed E-state index contributed by atoms with van der Waals surface area (Å²) in [5, 5.41) is 0. The molecular weight excluding hydrogens is 302 g/mol. The number of nitrogens with zero attached hydrogens (tertiary/aromatic N) is 1. The lowest BCUT2D eigenvalue weighted by Crippen LogP contribution is -2.44. The predicted molar refractivity (Wildman–Crippen MR) is 94.6 cm³/mol. The fourth-order valence-corrected chi connectivity index (χ4v) is 2.86. The van der Waals surface area contributed by atoms with Crippen LogP contribution in [0, 0.1) is 0 Å². The highest BCUT2D eigenvalue weighted by atomic mass is 16.6. The van der Waals surface area contributed by atoms with Gasteiger partial charge in [0.05, 0.1) is 11.7 Å². The van der Waals surface area contributed by atoms with Crippen molar-refractivity contribution in [3.05, 3.63) is 60.2 Å². The maximum Gasteiger partial charge on any atom is 0.415 e. The van der Waals surface area contributed by atoms with Gasteiger partial charge in [-0.1, -0.05) is 36.4 Å². The second kappa shape index (κ2) is 6.56. The highest BCUT2D eigenvalue weighted by Gasteiger charge is 2.36. The first-order valence-electron chi connectivity index (χ1n) is 8.22. The molecule has 4 nitrogen and oxygen atoms in total. The molecular formula is C20H23NO3. The molecule has 1 atom stereocenters. The van der Waals surface area contributed by atoms with E-state index in [0.29, 0.717) is 6.61 Å². The molecule has 0 radical (unpaired) electrons. The van der Waals surface area contributed by atoms with E-state index in [9.17, 15) is 4.79 Å². The number of fused-ring (bicyclic) bond motifs is 1. The molecule has 1 aliphatic heterocycles. The van der Waals surface area contributed by atoms with Gasteiger partial charge < -0.3 is 9.47 Å². The van der Waals surface area contributed by atoms with Crippen LogP contribution >= 0.6 is 0 Å². The standard InChI is InChI=1S/C20H23NO3/c1-20(2,3)24-19(22)21-16(13-15-9-7-8-12-18(15)21)14-23-17-10-5-4-6-11-17/h4-12,16H,13-14H2,1-3H3. The van der Waals surface area contributed by atoms with Crippen LogP contribution in [0.15, 0.2) is 54.6 Å². The van der Waals surface area contributed by atoms with Crippen molar-refractivity contribution < 1.29 is 14.3 Å². The Morgan fingerprint density at radius 2 is 1.75 bits per heavy atom. The summed E-state index contributed by atoms with van der Waals surface area (Å²) in [7, 11) is 0.